The summed E-state index contributed by atoms with van der Waals surface area (Å²) < 4.78 is 62.7. The van der Waals surface area contributed by atoms with Gasteiger partial charge in [0.05, 0.1) is 35.7 Å². The molecule has 0 aliphatic heterocycles. The van der Waals surface area contributed by atoms with E-state index in [1.807, 2.05) is 23.6 Å². The molecule has 2 unspecified atom stereocenters. The number of allylic oxidation sites excluding steroid dienone is 4. The highest BCUT2D eigenvalue weighted by atomic mass is 19.1. The van der Waals surface area contributed by atoms with Gasteiger partial charge in [-0.15, -0.1) is 0 Å². The van der Waals surface area contributed by atoms with E-state index in [2.05, 4.69) is 41.3 Å². The molecule has 2 atom stereocenters. The number of aromatic nitrogens is 2. The van der Waals surface area contributed by atoms with Gasteiger partial charge in [-0.05, 0) is 85.0 Å². The van der Waals surface area contributed by atoms with Crippen LogP contribution in [0.5, 0.6) is 23.0 Å². The number of hydrogen-bond donors (Lipinski definition) is 2. The van der Waals surface area contributed by atoms with Crippen molar-refractivity contribution in [3.8, 4) is 23.0 Å². The molecule has 0 radical (unpaired) electrons. The van der Waals surface area contributed by atoms with Crippen LogP contribution in [-0.2, 0) is 11.8 Å². The number of nitrogens with two attached hydrogens (primary N) is 1. The van der Waals surface area contributed by atoms with Gasteiger partial charge in [-0.2, -0.15) is 5.10 Å². The smallest absolute Gasteiger partial charge is 0.332 e. The number of halogens is 3. The van der Waals surface area contributed by atoms with E-state index >= 15 is 8.78 Å². The van der Waals surface area contributed by atoms with E-state index in [-0.39, 0.29) is 17.1 Å². The quantitative estimate of drug-likeness (QED) is 0.0598. The van der Waals surface area contributed by atoms with Gasteiger partial charge in [0.1, 0.15) is 17.7 Å². The number of nitrogens with one attached hydrogen (secondary N) is 1. The number of ether oxygens (including phenoxy) is 3. The number of aryl methyl sites for hydroxylation is 2. The maximum absolute atomic E-state index is 15.6. The van der Waals surface area contributed by atoms with Crippen LogP contribution in [0.25, 0.3) is 32.7 Å². The zero-order valence-corrected chi connectivity index (χ0v) is 28.8. The monoisotopic (exact) mass is 717 g/mol. The van der Waals surface area contributed by atoms with Crippen LogP contribution in [0.4, 0.5) is 18.0 Å². The Morgan fingerprint density at radius 3 is 2.62 bits per heavy atom. The molecule has 2 heterocycles. The summed E-state index contributed by atoms with van der Waals surface area (Å²) in [6.07, 6.45) is 5.07. The van der Waals surface area contributed by atoms with Gasteiger partial charge < -0.3 is 19.9 Å². The van der Waals surface area contributed by atoms with Crippen LogP contribution < -0.4 is 25.4 Å². The van der Waals surface area contributed by atoms with E-state index in [0.29, 0.717) is 29.0 Å². The molecule has 0 fully saturated rings. The number of fused-ring (bicyclic) bond motifs is 3. The van der Waals surface area contributed by atoms with Crippen molar-refractivity contribution >= 4 is 45.0 Å². The number of urea groups is 1. The van der Waals surface area contributed by atoms with Crippen LogP contribution in [0, 0.1) is 12.7 Å². The number of amides is 2. The fraction of sp³-hybridized carbons (Fsp3) is 0.171. The molecular formula is C41H34F3N5O4. The molecule has 0 spiro atoms. The molecule has 1 aliphatic rings. The maximum Gasteiger partial charge on any atom is 0.332 e. The van der Waals surface area contributed by atoms with Crippen molar-refractivity contribution in [3.63, 3.8) is 0 Å². The van der Waals surface area contributed by atoms with Gasteiger partial charge in [-0.1, -0.05) is 42.5 Å². The molecule has 53 heavy (non-hydrogen) atoms. The number of rotatable bonds is 11. The first kappa shape index (κ1) is 35.0. The highest BCUT2D eigenvalue weighted by Gasteiger charge is 2.39. The Morgan fingerprint density at radius 1 is 0.981 bits per heavy atom. The Hall–Kier alpha value is -6.43. The SMILES string of the molecule is COc1cc2c(Oc3ccc(C4(C=NNC(N)=O)C=CC(F)=CC4F)cc3F)ccnc2cc1OCCCc1ccc(C)c2nc3ccccc3cc12. The van der Waals surface area contributed by atoms with Crippen molar-refractivity contribution in [3.05, 3.63) is 132 Å². The fourth-order valence-corrected chi connectivity index (χ4v) is 6.47. The third-order valence-electron chi connectivity index (χ3n) is 9.20. The van der Waals surface area contributed by atoms with Crippen LogP contribution in [0.3, 0.4) is 0 Å². The average Bonchev–Trinajstić information content (AvgIpc) is 3.15. The molecule has 7 rings (SSSR count). The minimum atomic E-state index is -1.97. The molecule has 9 nitrogen and oxygen atoms in total. The van der Waals surface area contributed by atoms with Gasteiger partial charge in [0.15, 0.2) is 23.1 Å². The third-order valence-corrected chi connectivity index (χ3v) is 9.20. The summed E-state index contributed by atoms with van der Waals surface area (Å²) in [4.78, 5) is 20.5. The van der Waals surface area contributed by atoms with Gasteiger partial charge in [0.25, 0.3) is 0 Å². The summed E-state index contributed by atoms with van der Waals surface area (Å²) in [5.74, 6) is -0.576. The lowest BCUT2D eigenvalue weighted by atomic mass is 9.75. The van der Waals surface area contributed by atoms with Crippen LogP contribution in [0.1, 0.15) is 23.1 Å². The number of para-hydroxylation sites is 1. The molecule has 12 heteroatoms. The van der Waals surface area contributed by atoms with E-state index in [9.17, 15) is 9.18 Å². The van der Waals surface area contributed by atoms with E-state index in [1.54, 1.807) is 18.2 Å². The fourth-order valence-electron chi connectivity index (χ4n) is 6.47. The number of primary amides is 1. The maximum atomic E-state index is 15.6. The van der Waals surface area contributed by atoms with E-state index < -0.39 is 29.3 Å². The summed E-state index contributed by atoms with van der Waals surface area (Å²) in [6.45, 7) is 2.48. The van der Waals surface area contributed by atoms with Crippen LogP contribution in [0.2, 0.25) is 0 Å². The van der Waals surface area contributed by atoms with Crippen LogP contribution in [0.15, 0.2) is 114 Å². The third kappa shape index (κ3) is 7.08. The molecule has 6 aromatic rings. The number of hydrogen-bond acceptors (Lipinski definition) is 7. The van der Waals surface area contributed by atoms with Crippen molar-refractivity contribution in [1.82, 2.24) is 15.4 Å². The zero-order chi connectivity index (χ0) is 37.1. The van der Waals surface area contributed by atoms with E-state index in [1.165, 1.54) is 37.1 Å². The number of methoxy groups -OCH3 is 1. The number of alkyl halides is 1. The summed E-state index contributed by atoms with van der Waals surface area (Å²) in [7, 11) is 1.52. The topological polar surface area (TPSA) is 121 Å². The summed E-state index contributed by atoms with van der Waals surface area (Å²) >= 11 is 0. The minimum absolute atomic E-state index is 0.0913. The summed E-state index contributed by atoms with van der Waals surface area (Å²) in [5.41, 5.74) is 10.2. The Bertz CT molecular complexity index is 2470. The van der Waals surface area contributed by atoms with Gasteiger partial charge >= 0.3 is 6.03 Å². The van der Waals surface area contributed by atoms with Gasteiger partial charge in [0.2, 0.25) is 0 Å². The highest BCUT2D eigenvalue weighted by molar-refractivity contribution is 5.96. The number of carbonyl (C=O) groups excluding carboxylic acids is 1. The lowest BCUT2D eigenvalue weighted by molar-refractivity contribution is 0.249. The molecule has 1 aliphatic carbocycles. The molecule has 0 bridgehead atoms. The summed E-state index contributed by atoms with van der Waals surface area (Å²) in [6, 6.07) is 22.4. The zero-order valence-electron chi connectivity index (χ0n) is 28.8. The average molecular weight is 718 g/mol. The van der Waals surface area contributed by atoms with Crippen molar-refractivity contribution in [2.75, 3.05) is 13.7 Å². The Kier molecular flexibility index (Phi) is 9.68. The largest absolute Gasteiger partial charge is 0.493 e. The van der Waals surface area contributed by atoms with Crippen molar-refractivity contribution in [1.29, 1.82) is 0 Å². The summed E-state index contributed by atoms with van der Waals surface area (Å²) in [5, 5.41) is 6.44. The predicted octanol–water partition coefficient (Wildman–Crippen LogP) is 8.85. The van der Waals surface area contributed by atoms with E-state index in [0.717, 1.165) is 64.6 Å². The number of nitrogens with zero attached hydrogens (tertiary/aromatic N) is 3. The van der Waals surface area contributed by atoms with Gasteiger partial charge in [0, 0.05) is 34.6 Å². The normalized spacial score (nSPS) is 17.0. The first-order valence-corrected chi connectivity index (χ1v) is 16.8. The molecular weight excluding hydrogens is 683 g/mol. The lowest BCUT2D eigenvalue weighted by Gasteiger charge is -2.31. The predicted molar refractivity (Wildman–Crippen MR) is 199 cm³/mol. The second-order valence-corrected chi connectivity index (χ2v) is 12.6. The van der Waals surface area contributed by atoms with Crippen molar-refractivity contribution in [2.45, 2.75) is 31.4 Å². The van der Waals surface area contributed by atoms with Crippen LogP contribution >= 0.6 is 0 Å². The molecule has 0 saturated heterocycles. The Balaban J connectivity index is 1.09. The van der Waals surface area contributed by atoms with Gasteiger partial charge in [-0.3, -0.25) is 4.98 Å². The Labute approximate surface area is 302 Å². The number of carbonyl (C=O) groups is 1. The molecule has 4 aromatic carbocycles. The first-order valence-electron chi connectivity index (χ1n) is 16.8. The molecule has 2 aromatic heterocycles. The molecule has 268 valence electrons. The van der Waals surface area contributed by atoms with Crippen LogP contribution in [-0.4, -0.2) is 42.1 Å². The number of benzene rings is 4. The number of pyridine rings is 2. The Morgan fingerprint density at radius 2 is 1.83 bits per heavy atom. The standard InChI is InChI=1S/C41H34F3N5O4/c1-24-9-10-25(29-18-26-6-3-4-8-32(26)48-39(24)29)7-5-17-52-37-22-33-30(21-36(37)51-2)34(14-16-46-33)53-35-12-11-27(19-31(35)43)41(23-47-49-40(45)50)15-13-28(42)20-38(41)44/h3-4,6,8-16,18-23,38H,5,7,17H2,1-2H3,(H3,45,49,50). The molecule has 3 N–H and O–H groups in total. The number of hydrazone groups is 1. The van der Waals surface area contributed by atoms with Gasteiger partial charge in [-0.25, -0.2) is 28.4 Å². The second-order valence-electron chi connectivity index (χ2n) is 12.6. The van der Waals surface area contributed by atoms with Crippen molar-refractivity contribution in [2.24, 2.45) is 10.8 Å². The molecule has 2 amide bonds. The molecule has 0 saturated carbocycles. The first-order chi connectivity index (χ1) is 25.6. The highest BCUT2D eigenvalue weighted by Crippen LogP contribution is 2.40. The van der Waals surface area contributed by atoms with Crippen molar-refractivity contribution < 1.29 is 32.2 Å². The minimum Gasteiger partial charge on any atom is -0.493 e. The second kappa shape index (κ2) is 14.7. The van der Waals surface area contributed by atoms with E-state index in [4.69, 9.17) is 24.9 Å². The lowest BCUT2D eigenvalue weighted by Crippen LogP contribution is -2.38.